The van der Waals surface area contributed by atoms with Gasteiger partial charge in [-0.3, -0.25) is 0 Å². The van der Waals surface area contributed by atoms with Crippen LogP contribution in [0.4, 0.5) is 8.78 Å². The molecule has 1 aliphatic heterocycles. The molecule has 0 amide bonds. The highest BCUT2D eigenvalue weighted by atomic mass is 19.3. The quantitative estimate of drug-likeness (QED) is 0.782. The summed E-state index contributed by atoms with van der Waals surface area (Å²) in [6, 6.07) is 0.410. The van der Waals surface area contributed by atoms with Crippen molar-refractivity contribution in [3.05, 3.63) is 0 Å². The van der Waals surface area contributed by atoms with E-state index in [1.54, 1.807) is 0 Å². The SMILES string of the molecule is CC(C)(C1CCC(F)(F)CC1)C1CNCCN1. The van der Waals surface area contributed by atoms with Gasteiger partial charge in [-0.2, -0.15) is 0 Å². The molecule has 2 rings (SSSR count). The van der Waals surface area contributed by atoms with Crippen LogP contribution in [0.1, 0.15) is 39.5 Å². The lowest BCUT2D eigenvalue weighted by atomic mass is 9.66. The molecule has 1 atom stereocenters. The summed E-state index contributed by atoms with van der Waals surface area (Å²) in [5, 5.41) is 6.91. The summed E-state index contributed by atoms with van der Waals surface area (Å²) in [4.78, 5) is 0. The van der Waals surface area contributed by atoms with Gasteiger partial charge in [0.1, 0.15) is 0 Å². The van der Waals surface area contributed by atoms with Crippen LogP contribution in [0, 0.1) is 11.3 Å². The Morgan fingerprint density at radius 2 is 1.76 bits per heavy atom. The fraction of sp³-hybridized carbons (Fsp3) is 1.00. The van der Waals surface area contributed by atoms with Crippen LogP contribution in [0.3, 0.4) is 0 Å². The van der Waals surface area contributed by atoms with Gasteiger partial charge in [0.05, 0.1) is 0 Å². The van der Waals surface area contributed by atoms with E-state index in [1.165, 1.54) is 0 Å². The number of nitrogens with one attached hydrogen (secondary N) is 2. The molecule has 0 aromatic carbocycles. The van der Waals surface area contributed by atoms with Crippen LogP contribution in [-0.4, -0.2) is 31.6 Å². The molecule has 0 aromatic rings. The molecule has 1 heterocycles. The zero-order valence-electron chi connectivity index (χ0n) is 10.9. The Morgan fingerprint density at radius 1 is 1.12 bits per heavy atom. The van der Waals surface area contributed by atoms with Gasteiger partial charge >= 0.3 is 0 Å². The molecule has 100 valence electrons. The van der Waals surface area contributed by atoms with Crippen molar-refractivity contribution in [2.45, 2.75) is 51.5 Å². The van der Waals surface area contributed by atoms with E-state index >= 15 is 0 Å². The summed E-state index contributed by atoms with van der Waals surface area (Å²) in [6.07, 6.45) is 1.47. The zero-order valence-corrected chi connectivity index (χ0v) is 10.9. The summed E-state index contributed by atoms with van der Waals surface area (Å²) in [5.74, 6) is -2.00. The summed E-state index contributed by atoms with van der Waals surface area (Å²) in [7, 11) is 0. The van der Waals surface area contributed by atoms with Crippen molar-refractivity contribution in [2.24, 2.45) is 11.3 Å². The smallest absolute Gasteiger partial charge is 0.248 e. The molecule has 1 aliphatic carbocycles. The summed E-state index contributed by atoms with van der Waals surface area (Å²) in [5.41, 5.74) is 0.101. The molecule has 2 nitrogen and oxygen atoms in total. The van der Waals surface area contributed by atoms with Gasteiger partial charge in [0.2, 0.25) is 5.92 Å². The third kappa shape index (κ3) is 2.97. The Kier molecular flexibility index (Phi) is 3.74. The van der Waals surface area contributed by atoms with Crippen LogP contribution in [0.15, 0.2) is 0 Å². The van der Waals surface area contributed by atoms with Gasteiger partial charge in [0.15, 0.2) is 0 Å². The van der Waals surface area contributed by atoms with Crippen molar-refractivity contribution in [3.8, 4) is 0 Å². The van der Waals surface area contributed by atoms with E-state index in [0.29, 0.717) is 24.8 Å². The molecule has 1 saturated heterocycles. The Morgan fingerprint density at radius 3 is 2.29 bits per heavy atom. The first-order chi connectivity index (χ1) is 7.92. The van der Waals surface area contributed by atoms with E-state index in [1.807, 2.05) is 0 Å². The van der Waals surface area contributed by atoms with Crippen LogP contribution in [0.2, 0.25) is 0 Å². The zero-order chi connectivity index (χ0) is 12.5. The predicted octanol–water partition coefficient (Wildman–Crippen LogP) is 2.40. The van der Waals surface area contributed by atoms with Gasteiger partial charge in [0, 0.05) is 38.5 Å². The molecule has 2 aliphatic rings. The molecule has 4 heteroatoms. The highest BCUT2D eigenvalue weighted by Crippen LogP contribution is 2.45. The van der Waals surface area contributed by atoms with Crippen molar-refractivity contribution < 1.29 is 8.78 Å². The lowest BCUT2D eigenvalue weighted by molar-refractivity contribution is -0.0649. The maximum atomic E-state index is 13.2. The first-order valence-electron chi connectivity index (χ1n) is 6.74. The molecule has 2 fully saturated rings. The molecule has 0 aromatic heterocycles. The standard InChI is InChI=1S/C13H24F2N2/c1-12(2,11-9-16-7-8-17-11)10-3-5-13(14,15)6-4-10/h10-11,16-17H,3-9H2,1-2H3. The normalized spacial score (nSPS) is 31.4. The lowest BCUT2D eigenvalue weighted by Crippen LogP contribution is -2.57. The maximum absolute atomic E-state index is 13.2. The Balaban J connectivity index is 1.95. The van der Waals surface area contributed by atoms with E-state index < -0.39 is 5.92 Å². The number of hydrogen-bond donors (Lipinski definition) is 2. The Bertz CT molecular complexity index is 250. The average Bonchev–Trinajstić information content (AvgIpc) is 2.29. The average molecular weight is 246 g/mol. The second kappa shape index (κ2) is 4.81. The summed E-state index contributed by atoms with van der Waals surface area (Å²) < 4.78 is 26.4. The third-order valence-electron chi connectivity index (χ3n) is 4.71. The van der Waals surface area contributed by atoms with Crippen LogP contribution >= 0.6 is 0 Å². The molecule has 1 unspecified atom stereocenters. The van der Waals surface area contributed by atoms with Crippen molar-refractivity contribution in [3.63, 3.8) is 0 Å². The molecule has 2 N–H and O–H groups in total. The topological polar surface area (TPSA) is 24.1 Å². The number of piperazine rings is 1. The van der Waals surface area contributed by atoms with E-state index in [4.69, 9.17) is 0 Å². The minimum absolute atomic E-state index is 0.0707. The van der Waals surface area contributed by atoms with Gasteiger partial charge in [-0.1, -0.05) is 13.8 Å². The lowest BCUT2D eigenvalue weighted by Gasteiger charge is -2.46. The molecule has 17 heavy (non-hydrogen) atoms. The monoisotopic (exact) mass is 246 g/mol. The van der Waals surface area contributed by atoms with Gasteiger partial charge in [-0.05, 0) is 24.2 Å². The number of alkyl halides is 2. The Labute approximate surface area is 103 Å². The number of halogens is 2. The molecule has 0 radical (unpaired) electrons. The first-order valence-corrected chi connectivity index (χ1v) is 6.74. The van der Waals surface area contributed by atoms with E-state index in [0.717, 1.165) is 19.6 Å². The van der Waals surface area contributed by atoms with Gasteiger partial charge in [0.25, 0.3) is 0 Å². The van der Waals surface area contributed by atoms with E-state index in [-0.39, 0.29) is 18.3 Å². The summed E-state index contributed by atoms with van der Waals surface area (Å²) in [6.45, 7) is 7.41. The number of rotatable bonds is 2. The van der Waals surface area contributed by atoms with E-state index in [9.17, 15) is 8.78 Å². The highest BCUT2D eigenvalue weighted by Gasteiger charge is 2.43. The van der Waals surface area contributed by atoms with E-state index in [2.05, 4.69) is 24.5 Å². The van der Waals surface area contributed by atoms with Crippen molar-refractivity contribution in [2.75, 3.05) is 19.6 Å². The fourth-order valence-electron chi connectivity index (χ4n) is 3.25. The molecule has 1 saturated carbocycles. The van der Waals surface area contributed by atoms with Gasteiger partial charge in [-0.15, -0.1) is 0 Å². The molecular weight excluding hydrogens is 222 g/mol. The van der Waals surface area contributed by atoms with Crippen molar-refractivity contribution in [1.29, 1.82) is 0 Å². The minimum Gasteiger partial charge on any atom is -0.314 e. The highest BCUT2D eigenvalue weighted by molar-refractivity contribution is 4.95. The number of hydrogen-bond acceptors (Lipinski definition) is 2. The maximum Gasteiger partial charge on any atom is 0.248 e. The molecule has 0 spiro atoms. The molecule has 0 bridgehead atoms. The van der Waals surface area contributed by atoms with Gasteiger partial charge in [-0.25, -0.2) is 8.78 Å². The van der Waals surface area contributed by atoms with Crippen LogP contribution < -0.4 is 10.6 Å². The molecular formula is C13H24F2N2. The fourth-order valence-corrected chi connectivity index (χ4v) is 3.25. The Hall–Kier alpha value is -0.220. The predicted molar refractivity (Wildman–Crippen MR) is 65.3 cm³/mol. The first kappa shape index (κ1) is 13.2. The van der Waals surface area contributed by atoms with Crippen molar-refractivity contribution >= 4 is 0 Å². The van der Waals surface area contributed by atoms with Crippen molar-refractivity contribution in [1.82, 2.24) is 10.6 Å². The van der Waals surface area contributed by atoms with Crippen LogP contribution in [0.25, 0.3) is 0 Å². The second-order valence-electron chi connectivity index (χ2n) is 6.16. The second-order valence-corrected chi connectivity index (χ2v) is 6.16. The minimum atomic E-state index is -2.41. The van der Waals surface area contributed by atoms with Gasteiger partial charge < -0.3 is 10.6 Å². The van der Waals surface area contributed by atoms with Crippen LogP contribution in [-0.2, 0) is 0 Å². The third-order valence-corrected chi connectivity index (χ3v) is 4.71. The summed E-state index contributed by atoms with van der Waals surface area (Å²) >= 11 is 0. The largest absolute Gasteiger partial charge is 0.314 e. The van der Waals surface area contributed by atoms with Crippen LogP contribution in [0.5, 0.6) is 0 Å².